The molecule has 3 heterocycles. The Morgan fingerprint density at radius 2 is 2.06 bits per heavy atom. The minimum absolute atomic E-state index is 0.0810. The first kappa shape index (κ1) is 23.8. The second-order valence-electron chi connectivity index (χ2n) is 8.46. The Labute approximate surface area is 212 Å². The van der Waals surface area contributed by atoms with E-state index in [0.29, 0.717) is 28.8 Å². The van der Waals surface area contributed by atoms with Gasteiger partial charge in [0.2, 0.25) is 5.95 Å². The van der Waals surface area contributed by atoms with Crippen molar-refractivity contribution in [3.63, 3.8) is 0 Å². The van der Waals surface area contributed by atoms with Gasteiger partial charge in [-0.1, -0.05) is 11.6 Å². The fourth-order valence-electron chi connectivity index (χ4n) is 4.33. The molecule has 0 spiro atoms. The van der Waals surface area contributed by atoms with Gasteiger partial charge < -0.3 is 19.8 Å². The van der Waals surface area contributed by atoms with Crippen molar-refractivity contribution in [1.82, 2.24) is 19.9 Å². The number of H-pyrrole nitrogens is 1. The van der Waals surface area contributed by atoms with E-state index in [9.17, 15) is 10.1 Å². The van der Waals surface area contributed by atoms with Crippen molar-refractivity contribution < 1.29 is 14.4 Å². The molecule has 0 saturated carbocycles. The zero-order valence-electron chi connectivity index (χ0n) is 19.7. The summed E-state index contributed by atoms with van der Waals surface area (Å²) >= 11 is 6.47. The molecular weight excluding hydrogens is 484 g/mol. The number of rotatable bonds is 9. The zero-order chi connectivity index (χ0) is 25.1. The molecule has 0 aliphatic carbocycles. The first-order valence-electron chi connectivity index (χ1n) is 11.6. The third-order valence-electron chi connectivity index (χ3n) is 6.17. The minimum atomic E-state index is -0.477. The monoisotopic (exact) mass is 508 g/mol. The second-order valence-corrected chi connectivity index (χ2v) is 8.87. The van der Waals surface area contributed by atoms with Gasteiger partial charge in [-0.25, -0.2) is 9.97 Å². The number of likely N-dealkylation sites (tertiary alicyclic amines) is 1. The summed E-state index contributed by atoms with van der Waals surface area (Å²) in [5.41, 5.74) is 2.51. The minimum Gasteiger partial charge on any atom is -0.495 e. The van der Waals surface area contributed by atoms with E-state index in [0.717, 1.165) is 41.9 Å². The van der Waals surface area contributed by atoms with Crippen molar-refractivity contribution in [1.29, 1.82) is 0 Å². The van der Waals surface area contributed by atoms with Crippen LogP contribution in [0, 0.1) is 10.1 Å². The Morgan fingerprint density at radius 1 is 1.22 bits per heavy atom. The van der Waals surface area contributed by atoms with Crippen molar-refractivity contribution >= 4 is 39.8 Å². The third-order valence-corrected chi connectivity index (χ3v) is 6.44. The molecule has 0 radical (unpaired) electrons. The van der Waals surface area contributed by atoms with E-state index < -0.39 is 4.92 Å². The first-order valence-corrected chi connectivity index (χ1v) is 12.0. The third kappa shape index (κ3) is 5.05. The largest absolute Gasteiger partial charge is 0.495 e. The van der Waals surface area contributed by atoms with E-state index in [1.54, 1.807) is 0 Å². The van der Waals surface area contributed by atoms with Crippen LogP contribution in [0.1, 0.15) is 12.8 Å². The van der Waals surface area contributed by atoms with Crippen LogP contribution in [0.4, 0.5) is 17.3 Å². The summed E-state index contributed by atoms with van der Waals surface area (Å²) in [6, 6.07) is 10.1. The van der Waals surface area contributed by atoms with Gasteiger partial charge in [-0.05, 0) is 44.1 Å². The number of aromatic amines is 1. The number of nitrogens with one attached hydrogen (secondary N) is 2. The number of nitro benzene ring substituents is 1. The summed E-state index contributed by atoms with van der Waals surface area (Å²) in [5.74, 6) is 1.44. The highest BCUT2D eigenvalue weighted by molar-refractivity contribution is 6.33. The van der Waals surface area contributed by atoms with Crippen LogP contribution in [0.5, 0.6) is 11.5 Å². The molecule has 0 bridgehead atoms. The Kier molecular flexibility index (Phi) is 6.88. The maximum absolute atomic E-state index is 11.2. The van der Waals surface area contributed by atoms with E-state index in [2.05, 4.69) is 25.2 Å². The number of benzene rings is 2. The first-order chi connectivity index (χ1) is 17.5. The van der Waals surface area contributed by atoms with Gasteiger partial charge in [0.15, 0.2) is 0 Å². The molecule has 1 aliphatic rings. The zero-order valence-corrected chi connectivity index (χ0v) is 20.4. The second kappa shape index (κ2) is 10.4. The molecule has 0 amide bonds. The van der Waals surface area contributed by atoms with Crippen LogP contribution in [0.2, 0.25) is 5.02 Å². The molecule has 1 saturated heterocycles. The number of methoxy groups -OCH3 is 1. The number of aromatic nitrogens is 3. The van der Waals surface area contributed by atoms with E-state index in [1.807, 2.05) is 24.4 Å². The molecule has 10 nitrogen and oxygen atoms in total. The van der Waals surface area contributed by atoms with Crippen LogP contribution in [0.15, 0.2) is 48.8 Å². The normalized spacial score (nSPS) is 13.7. The molecule has 36 heavy (non-hydrogen) atoms. The number of nitro groups is 1. The SMILES string of the molecule is COc1ccc([N+](=O)[O-])cc1Nc1ncc(Cl)c(-c2c[nH]c3cc(OCCN4CCCC4)ccc23)n1. The summed E-state index contributed by atoms with van der Waals surface area (Å²) in [4.78, 5) is 25.2. The lowest BCUT2D eigenvalue weighted by Crippen LogP contribution is -2.25. The highest BCUT2D eigenvalue weighted by Gasteiger charge is 2.17. The fourth-order valence-corrected chi connectivity index (χ4v) is 4.53. The maximum atomic E-state index is 11.2. The molecule has 1 fully saturated rings. The molecule has 4 aromatic rings. The molecule has 2 N–H and O–H groups in total. The number of fused-ring (bicyclic) bond motifs is 1. The topological polar surface area (TPSA) is 118 Å². The molecule has 0 unspecified atom stereocenters. The molecule has 5 rings (SSSR count). The molecular formula is C25H25ClN6O4. The summed E-state index contributed by atoms with van der Waals surface area (Å²) in [7, 11) is 1.48. The van der Waals surface area contributed by atoms with E-state index >= 15 is 0 Å². The molecule has 186 valence electrons. The van der Waals surface area contributed by atoms with Crippen LogP contribution in [0.25, 0.3) is 22.2 Å². The van der Waals surface area contributed by atoms with Crippen molar-refractivity contribution in [2.24, 2.45) is 0 Å². The molecule has 1 aliphatic heterocycles. The lowest BCUT2D eigenvalue weighted by Gasteiger charge is -2.15. The number of ether oxygens (including phenoxy) is 2. The van der Waals surface area contributed by atoms with Crippen LogP contribution in [-0.2, 0) is 0 Å². The Morgan fingerprint density at radius 3 is 2.83 bits per heavy atom. The quantitative estimate of drug-likeness (QED) is 0.227. The molecule has 2 aromatic heterocycles. The number of halogens is 1. The van der Waals surface area contributed by atoms with Gasteiger partial charge in [-0.3, -0.25) is 15.0 Å². The van der Waals surface area contributed by atoms with Crippen molar-refractivity contribution in [3.05, 3.63) is 63.9 Å². The number of anilines is 2. The van der Waals surface area contributed by atoms with Crippen molar-refractivity contribution in [3.8, 4) is 22.8 Å². The Bertz CT molecular complexity index is 1400. The van der Waals surface area contributed by atoms with Crippen molar-refractivity contribution in [2.75, 3.05) is 38.7 Å². The predicted octanol–water partition coefficient (Wildman–Crippen LogP) is 5.41. The Balaban J connectivity index is 1.38. The van der Waals surface area contributed by atoms with Gasteiger partial charge in [0, 0.05) is 47.4 Å². The average molecular weight is 509 g/mol. The van der Waals surface area contributed by atoms with Gasteiger partial charge in [0.1, 0.15) is 18.1 Å². The van der Waals surface area contributed by atoms with Gasteiger partial charge in [-0.15, -0.1) is 0 Å². The van der Waals surface area contributed by atoms with E-state index in [4.69, 9.17) is 21.1 Å². The molecule has 0 atom stereocenters. The van der Waals surface area contributed by atoms with Crippen LogP contribution < -0.4 is 14.8 Å². The van der Waals surface area contributed by atoms with Crippen LogP contribution in [-0.4, -0.2) is 58.1 Å². The predicted molar refractivity (Wildman–Crippen MR) is 138 cm³/mol. The smallest absolute Gasteiger partial charge is 0.271 e. The number of nitrogens with zero attached hydrogens (tertiary/aromatic N) is 4. The average Bonchev–Trinajstić information content (AvgIpc) is 3.55. The van der Waals surface area contributed by atoms with E-state index in [1.165, 1.54) is 44.3 Å². The molecule has 11 heteroatoms. The maximum Gasteiger partial charge on any atom is 0.271 e. The van der Waals surface area contributed by atoms with Crippen LogP contribution in [0.3, 0.4) is 0 Å². The summed E-state index contributed by atoms with van der Waals surface area (Å²) in [6.45, 7) is 3.86. The van der Waals surface area contributed by atoms with Crippen LogP contribution >= 0.6 is 11.6 Å². The standard InChI is InChI=1S/C25H25ClN6O4/c1-35-23-7-4-16(32(33)34)12-22(23)29-25-28-15-20(26)24(30-25)19-14-27-21-13-17(5-6-18(19)21)36-11-10-31-8-2-3-9-31/h4-7,12-15,27H,2-3,8-11H2,1H3,(H,28,29,30). The summed E-state index contributed by atoms with van der Waals surface area (Å²) < 4.78 is 11.3. The van der Waals surface area contributed by atoms with Gasteiger partial charge in [0.25, 0.3) is 5.69 Å². The lowest BCUT2D eigenvalue weighted by atomic mass is 10.1. The highest BCUT2D eigenvalue weighted by Crippen LogP contribution is 2.35. The van der Waals surface area contributed by atoms with E-state index in [-0.39, 0.29) is 11.6 Å². The summed E-state index contributed by atoms with van der Waals surface area (Å²) in [6.07, 6.45) is 5.85. The summed E-state index contributed by atoms with van der Waals surface area (Å²) in [5, 5.41) is 15.5. The van der Waals surface area contributed by atoms with Gasteiger partial charge in [0.05, 0.1) is 34.6 Å². The van der Waals surface area contributed by atoms with Gasteiger partial charge >= 0.3 is 0 Å². The lowest BCUT2D eigenvalue weighted by molar-refractivity contribution is -0.384. The van der Waals surface area contributed by atoms with Gasteiger partial charge in [-0.2, -0.15) is 0 Å². The number of hydrogen-bond acceptors (Lipinski definition) is 8. The number of hydrogen-bond donors (Lipinski definition) is 2. The fraction of sp³-hybridized carbons (Fsp3) is 0.280. The molecule has 2 aromatic carbocycles. The highest BCUT2D eigenvalue weighted by atomic mass is 35.5. The number of non-ortho nitro benzene ring substituents is 1. The van der Waals surface area contributed by atoms with Crippen molar-refractivity contribution in [2.45, 2.75) is 12.8 Å². The Hall–Kier alpha value is -3.89.